The van der Waals surface area contributed by atoms with E-state index in [0.29, 0.717) is 17.8 Å². The highest BCUT2D eigenvalue weighted by Crippen LogP contribution is 2.16. The van der Waals surface area contributed by atoms with Gasteiger partial charge in [-0.25, -0.2) is 0 Å². The van der Waals surface area contributed by atoms with Crippen LogP contribution in [0.3, 0.4) is 0 Å². The molecule has 8 nitrogen and oxygen atoms in total. The quantitative estimate of drug-likeness (QED) is 0.641. The second kappa shape index (κ2) is 7.89. The predicted molar refractivity (Wildman–Crippen MR) is 91.2 cm³/mol. The highest BCUT2D eigenvalue weighted by molar-refractivity contribution is 5.92. The number of ether oxygens (including phenoxy) is 1. The molecule has 1 aliphatic heterocycles. The number of nitrogens with one attached hydrogen (secondary N) is 1. The Morgan fingerprint density at radius 1 is 1.36 bits per heavy atom. The summed E-state index contributed by atoms with van der Waals surface area (Å²) >= 11 is 0. The molecule has 2 heterocycles. The van der Waals surface area contributed by atoms with Crippen LogP contribution in [-0.4, -0.2) is 33.3 Å². The smallest absolute Gasteiger partial charge is 0.269 e. The number of amides is 1. The fourth-order valence-corrected chi connectivity index (χ4v) is 2.81. The summed E-state index contributed by atoms with van der Waals surface area (Å²) < 4.78 is 7.46. The minimum absolute atomic E-state index is 0.00960. The van der Waals surface area contributed by atoms with Crippen molar-refractivity contribution >= 4 is 17.3 Å². The lowest BCUT2D eigenvalue weighted by Gasteiger charge is -2.22. The number of nitro groups is 1. The van der Waals surface area contributed by atoms with Gasteiger partial charge < -0.3 is 10.1 Å². The molecule has 25 heavy (non-hydrogen) atoms. The molecule has 0 radical (unpaired) electrons. The van der Waals surface area contributed by atoms with Gasteiger partial charge >= 0.3 is 0 Å². The molecule has 1 fully saturated rings. The van der Waals surface area contributed by atoms with Gasteiger partial charge in [-0.05, 0) is 24.8 Å². The monoisotopic (exact) mass is 344 g/mol. The average Bonchev–Trinajstić information content (AvgIpc) is 3.03. The van der Waals surface area contributed by atoms with Crippen molar-refractivity contribution in [2.75, 3.05) is 11.9 Å². The van der Waals surface area contributed by atoms with E-state index in [9.17, 15) is 14.9 Å². The lowest BCUT2D eigenvalue weighted by molar-refractivity contribution is -0.384. The molecule has 3 rings (SSSR count). The Labute approximate surface area is 144 Å². The van der Waals surface area contributed by atoms with E-state index in [1.165, 1.54) is 18.6 Å². The fraction of sp³-hybridized carbons (Fsp3) is 0.412. The Morgan fingerprint density at radius 3 is 2.84 bits per heavy atom. The van der Waals surface area contributed by atoms with E-state index in [1.807, 2.05) is 0 Å². The molecule has 1 atom stereocenters. The lowest BCUT2D eigenvalue weighted by Crippen LogP contribution is -2.24. The van der Waals surface area contributed by atoms with E-state index in [-0.39, 0.29) is 24.1 Å². The molecule has 0 saturated carbocycles. The van der Waals surface area contributed by atoms with E-state index >= 15 is 0 Å². The molecule has 1 aliphatic rings. The maximum atomic E-state index is 12.1. The van der Waals surface area contributed by atoms with Gasteiger partial charge in [0.05, 0.1) is 35.9 Å². The molecule has 1 amide bonds. The Balaban J connectivity index is 1.51. The first-order valence-electron chi connectivity index (χ1n) is 8.27. The lowest BCUT2D eigenvalue weighted by atomic mass is 10.1. The summed E-state index contributed by atoms with van der Waals surface area (Å²) in [5, 5.41) is 17.7. The van der Waals surface area contributed by atoms with Gasteiger partial charge in [-0.15, -0.1) is 0 Å². The van der Waals surface area contributed by atoms with Gasteiger partial charge in [-0.3, -0.25) is 19.6 Å². The van der Waals surface area contributed by atoms with Gasteiger partial charge in [0, 0.05) is 24.9 Å². The van der Waals surface area contributed by atoms with E-state index < -0.39 is 4.92 Å². The molecule has 2 aromatic rings. The zero-order valence-electron chi connectivity index (χ0n) is 13.8. The fourth-order valence-electron chi connectivity index (χ4n) is 2.81. The molecule has 0 bridgehead atoms. The highest BCUT2D eigenvalue weighted by Gasteiger charge is 2.15. The van der Waals surface area contributed by atoms with E-state index in [4.69, 9.17) is 4.74 Å². The Kier molecular flexibility index (Phi) is 5.39. The van der Waals surface area contributed by atoms with Crippen molar-refractivity contribution in [3.05, 3.63) is 52.3 Å². The Bertz CT molecular complexity index is 735. The first-order valence-corrected chi connectivity index (χ1v) is 8.27. The SMILES string of the molecule is O=C(Cc1ccc([N+](=O)[O-])cc1)Nc1cnn(CC2CCCCO2)c1. The number of hydrogen-bond acceptors (Lipinski definition) is 5. The summed E-state index contributed by atoms with van der Waals surface area (Å²) in [6.45, 7) is 1.48. The first kappa shape index (κ1) is 17.1. The minimum atomic E-state index is -0.464. The van der Waals surface area contributed by atoms with Crippen LogP contribution >= 0.6 is 0 Å². The molecule has 0 aliphatic carbocycles. The van der Waals surface area contributed by atoms with Crippen LogP contribution in [0.4, 0.5) is 11.4 Å². The predicted octanol–water partition coefficient (Wildman–Crippen LogP) is 2.54. The van der Waals surface area contributed by atoms with Crippen LogP contribution in [0, 0.1) is 10.1 Å². The normalized spacial score (nSPS) is 17.2. The number of nitro benzene ring substituents is 1. The second-order valence-corrected chi connectivity index (χ2v) is 6.09. The molecule has 1 N–H and O–H groups in total. The van der Waals surface area contributed by atoms with E-state index in [2.05, 4.69) is 10.4 Å². The number of rotatable bonds is 6. The molecule has 0 spiro atoms. The number of aromatic nitrogens is 2. The number of carbonyl (C=O) groups is 1. The molecule has 8 heteroatoms. The van der Waals surface area contributed by atoms with Crippen LogP contribution < -0.4 is 5.32 Å². The van der Waals surface area contributed by atoms with E-state index in [1.54, 1.807) is 29.2 Å². The molecule has 1 aromatic carbocycles. The van der Waals surface area contributed by atoms with Crippen molar-refractivity contribution in [1.29, 1.82) is 0 Å². The number of anilines is 1. The topological polar surface area (TPSA) is 99.3 Å². The van der Waals surface area contributed by atoms with Crippen LogP contribution in [0.5, 0.6) is 0 Å². The molecular formula is C17H20N4O4. The summed E-state index contributed by atoms with van der Waals surface area (Å²) in [4.78, 5) is 22.3. The van der Waals surface area contributed by atoms with Crippen molar-refractivity contribution < 1.29 is 14.5 Å². The van der Waals surface area contributed by atoms with Gasteiger partial charge in [0.2, 0.25) is 5.91 Å². The minimum Gasteiger partial charge on any atom is -0.376 e. The van der Waals surface area contributed by atoms with Crippen LogP contribution in [0.25, 0.3) is 0 Å². The van der Waals surface area contributed by atoms with Crippen LogP contribution in [0.15, 0.2) is 36.7 Å². The zero-order chi connectivity index (χ0) is 17.6. The summed E-state index contributed by atoms with van der Waals surface area (Å²) in [6, 6.07) is 5.96. The maximum absolute atomic E-state index is 12.1. The van der Waals surface area contributed by atoms with Gasteiger partial charge in [-0.2, -0.15) is 5.10 Å². The summed E-state index contributed by atoms with van der Waals surface area (Å²) in [5.41, 5.74) is 1.35. The zero-order valence-corrected chi connectivity index (χ0v) is 13.8. The van der Waals surface area contributed by atoms with Gasteiger partial charge in [0.25, 0.3) is 5.69 Å². The average molecular weight is 344 g/mol. The molecule has 1 aromatic heterocycles. The third kappa shape index (κ3) is 4.87. The summed E-state index contributed by atoms with van der Waals surface area (Å²) in [6.07, 6.45) is 7.03. The molecule has 132 valence electrons. The van der Waals surface area contributed by atoms with Crippen LogP contribution in [0.1, 0.15) is 24.8 Å². The maximum Gasteiger partial charge on any atom is 0.269 e. The van der Waals surface area contributed by atoms with E-state index in [0.717, 1.165) is 19.4 Å². The molecular weight excluding hydrogens is 324 g/mol. The van der Waals surface area contributed by atoms with Crippen molar-refractivity contribution in [3.8, 4) is 0 Å². The van der Waals surface area contributed by atoms with Crippen LogP contribution in [0.2, 0.25) is 0 Å². The van der Waals surface area contributed by atoms with Gasteiger partial charge in [0.15, 0.2) is 0 Å². The number of nitrogens with zero attached hydrogens (tertiary/aromatic N) is 3. The second-order valence-electron chi connectivity index (χ2n) is 6.09. The number of hydrogen-bond donors (Lipinski definition) is 1. The van der Waals surface area contributed by atoms with Crippen molar-refractivity contribution in [2.45, 2.75) is 38.3 Å². The third-order valence-corrected chi connectivity index (χ3v) is 4.09. The van der Waals surface area contributed by atoms with Crippen LogP contribution in [-0.2, 0) is 22.5 Å². The molecule has 1 saturated heterocycles. The first-order chi connectivity index (χ1) is 12.1. The van der Waals surface area contributed by atoms with Gasteiger partial charge in [0.1, 0.15) is 0 Å². The van der Waals surface area contributed by atoms with Crippen molar-refractivity contribution in [2.24, 2.45) is 0 Å². The van der Waals surface area contributed by atoms with Gasteiger partial charge in [-0.1, -0.05) is 12.1 Å². The summed E-state index contributed by atoms with van der Waals surface area (Å²) in [5.74, 6) is -0.192. The van der Waals surface area contributed by atoms with Crippen molar-refractivity contribution in [3.63, 3.8) is 0 Å². The standard InChI is InChI=1S/C17H20N4O4/c22-17(9-13-4-6-15(7-5-13)21(23)24)19-14-10-18-20(11-14)12-16-3-1-2-8-25-16/h4-7,10-11,16H,1-3,8-9,12H2,(H,19,22). The summed E-state index contributed by atoms with van der Waals surface area (Å²) in [7, 11) is 0. The number of benzene rings is 1. The third-order valence-electron chi connectivity index (χ3n) is 4.09. The highest BCUT2D eigenvalue weighted by atomic mass is 16.6. The number of carbonyl (C=O) groups excluding carboxylic acids is 1. The molecule has 1 unspecified atom stereocenters. The Hall–Kier alpha value is -2.74. The number of non-ortho nitro benzene ring substituents is 1. The van der Waals surface area contributed by atoms with Crippen molar-refractivity contribution in [1.82, 2.24) is 9.78 Å². The Morgan fingerprint density at radius 2 is 2.16 bits per heavy atom. The largest absolute Gasteiger partial charge is 0.376 e.